The van der Waals surface area contributed by atoms with E-state index in [1.165, 1.54) is 0 Å². The van der Waals surface area contributed by atoms with E-state index < -0.39 is 5.79 Å². The van der Waals surface area contributed by atoms with Gasteiger partial charge in [-0.2, -0.15) is 0 Å². The van der Waals surface area contributed by atoms with Crippen molar-refractivity contribution in [3.05, 3.63) is 0 Å². The lowest BCUT2D eigenvalue weighted by molar-refractivity contribution is -0.224. The standard InChI is InChI=1S/C9H15BrO4/c1-9(2)13-6-5(4-10)12-8(11-3)7(6)14-9/h5-8H,4H2,1-3H3/t5-,6-,7-,8-/m1/s1. The Kier molecular flexibility index (Phi) is 2.87. The molecule has 2 rings (SSSR count). The number of ether oxygens (including phenoxy) is 4. The van der Waals surface area contributed by atoms with Crippen LogP contribution in [-0.2, 0) is 18.9 Å². The summed E-state index contributed by atoms with van der Waals surface area (Å²) < 4.78 is 22.3. The minimum absolute atomic E-state index is 0.00623. The summed E-state index contributed by atoms with van der Waals surface area (Å²) in [7, 11) is 1.62. The van der Waals surface area contributed by atoms with Gasteiger partial charge in [0.1, 0.15) is 12.2 Å². The predicted octanol–water partition coefficient (Wildman–Crippen LogP) is 1.27. The largest absolute Gasteiger partial charge is 0.353 e. The van der Waals surface area contributed by atoms with E-state index in [-0.39, 0.29) is 24.6 Å². The highest BCUT2D eigenvalue weighted by Gasteiger charge is 2.55. The van der Waals surface area contributed by atoms with Gasteiger partial charge in [-0.15, -0.1) is 0 Å². The molecule has 2 fully saturated rings. The first-order chi connectivity index (χ1) is 6.57. The summed E-state index contributed by atoms with van der Waals surface area (Å²) in [4.78, 5) is 0. The zero-order valence-corrected chi connectivity index (χ0v) is 10.1. The van der Waals surface area contributed by atoms with Gasteiger partial charge in [0.15, 0.2) is 12.1 Å². The van der Waals surface area contributed by atoms with Crippen LogP contribution in [0, 0.1) is 0 Å². The highest BCUT2D eigenvalue weighted by atomic mass is 79.9. The van der Waals surface area contributed by atoms with Crippen LogP contribution in [-0.4, -0.2) is 42.8 Å². The second-order valence-electron chi connectivity index (χ2n) is 4.00. The van der Waals surface area contributed by atoms with E-state index >= 15 is 0 Å². The lowest BCUT2D eigenvalue weighted by Gasteiger charge is -2.22. The van der Waals surface area contributed by atoms with Gasteiger partial charge in [-0.25, -0.2) is 0 Å². The van der Waals surface area contributed by atoms with Crippen molar-refractivity contribution in [2.24, 2.45) is 0 Å². The number of halogens is 1. The molecule has 0 aliphatic carbocycles. The molecule has 0 radical (unpaired) electrons. The fraction of sp³-hybridized carbons (Fsp3) is 1.00. The van der Waals surface area contributed by atoms with Crippen molar-refractivity contribution in [3.8, 4) is 0 Å². The van der Waals surface area contributed by atoms with Crippen LogP contribution in [0.5, 0.6) is 0 Å². The minimum atomic E-state index is -0.531. The maximum Gasteiger partial charge on any atom is 0.186 e. The molecule has 0 amide bonds. The fourth-order valence-corrected chi connectivity index (χ4v) is 2.48. The number of hydrogen-bond donors (Lipinski definition) is 0. The summed E-state index contributed by atoms with van der Waals surface area (Å²) in [5, 5.41) is 0.730. The molecular weight excluding hydrogens is 252 g/mol. The molecule has 2 heterocycles. The Balaban J connectivity index is 2.12. The molecule has 0 unspecified atom stereocenters. The van der Waals surface area contributed by atoms with Gasteiger partial charge in [0.25, 0.3) is 0 Å². The van der Waals surface area contributed by atoms with Gasteiger partial charge < -0.3 is 18.9 Å². The Hall–Kier alpha value is 0.320. The van der Waals surface area contributed by atoms with Crippen molar-refractivity contribution in [2.75, 3.05) is 12.4 Å². The van der Waals surface area contributed by atoms with E-state index in [2.05, 4.69) is 15.9 Å². The van der Waals surface area contributed by atoms with E-state index in [1.807, 2.05) is 13.8 Å². The van der Waals surface area contributed by atoms with Crippen LogP contribution in [0.1, 0.15) is 13.8 Å². The van der Waals surface area contributed by atoms with Gasteiger partial charge in [-0.1, -0.05) is 15.9 Å². The lowest BCUT2D eigenvalue weighted by Crippen LogP contribution is -2.30. The van der Waals surface area contributed by atoms with Crippen LogP contribution in [0.15, 0.2) is 0 Å². The van der Waals surface area contributed by atoms with Crippen molar-refractivity contribution in [3.63, 3.8) is 0 Å². The minimum Gasteiger partial charge on any atom is -0.353 e. The lowest BCUT2D eigenvalue weighted by atomic mass is 10.2. The first kappa shape index (κ1) is 10.8. The van der Waals surface area contributed by atoms with Crippen molar-refractivity contribution in [2.45, 2.75) is 44.2 Å². The zero-order chi connectivity index (χ0) is 10.3. The van der Waals surface area contributed by atoms with Gasteiger partial charge >= 0.3 is 0 Å². The number of alkyl halides is 1. The van der Waals surface area contributed by atoms with Crippen LogP contribution in [0.3, 0.4) is 0 Å². The van der Waals surface area contributed by atoms with E-state index in [1.54, 1.807) is 7.11 Å². The zero-order valence-electron chi connectivity index (χ0n) is 8.53. The van der Waals surface area contributed by atoms with Gasteiger partial charge in [-0.3, -0.25) is 0 Å². The average molecular weight is 267 g/mol. The molecule has 0 aromatic heterocycles. The van der Waals surface area contributed by atoms with Crippen molar-refractivity contribution in [1.82, 2.24) is 0 Å². The number of methoxy groups -OCH3 is 1. The Labute approximate surface area is 92.0 Å². The van der Waals surface area contributed by atoms with Crippen LogP contribution in [0.4, 0.5) is 0 Å². The maximum atomic E-state index is 5.75. The molecule has 0 saturated carbocycles. The third-order valence-corrected chi connectivity index (χ3v) is 3.13. The maximum absolute atomic E-state index is 5.75. The summed E-state index contributed by atoms with van der Waals surface area (Å²) >= 11 is 3.39. The molecule has 0 aromatic carbocycles. The van der Waals surface area contributed by atoms with E-state index in [0.29, 0.717) is 0 Å². The van der Waals surface area contributed by atoms with E-state index in [9.17, 15) is 0 Å². The number of rotatable bonds is 2. The average Bonchev–Trinajstić information content (AvgIpc) is 2.57. The predicted molar refractivity (Wildman–Crippen MR) is 53.3 cm³/mol. The Morgan fingerprint density at radius 3 is 2.50 bits per heavy atom. The Bertz CT molecular complexity index is 201. The molecule has 4 nitrogen and oxygen atoms in total. The molecule has 82 valence electrons. The van der Waals surface area contributed by atoms with Crippen LogP contribution < -0.4 is 0 Å². The molecule has 0 bridgehead atoms. The van der Waals surface area contributed by atoms with Crippen LogP contribution in [0.25, 0.3) is 0 Å². The molecule has 2 aliphatic heterocycles. The second kappa shape index (κ2) is 3.72. The summed E-state index contributed by atoms with van der Waals surface area (Å²) in [5.41, 5.74) is 0. The summed E-state index contributed by atoms with van der Waals surface area (Å²) in [6.45, 7) is 3.81. The molecule has 5 heteroatoms. The number of hydrogen-bond acceptors (Lipinski definition) is 4. The third kappa shape index (κ3) is 1.72. The molecule has 2 saturated heterocycles. The third-order valence-electron chi connectivity index (χ3n) is 2.49. The Morgan fingerprint density at radius 2 is 1.93 bits per heavy atom. The quantitative estimate of drug-likeness (QED) is 0.706. The summed E-state index contributed by atoms with van der Waals surface area (Å²) in [6.07, 6.45) is -0.456. The molecular formula is C9H15BrO4. The van der Waals surface area contributed by atoms with Crippen LogP contribution in [0.2, 0.25) is 0 Å². The smallest absolute Gasteiger partial charge is 0.186 e. The van der Waals surface area contributed by atoms with Crippen LogP contribution >= 0.6 is 15.9 Å². The van der Waals surface area contributed by atoms with Gasteiger partial charge in [0.2, 0.25) is 0 Å². The SMILES string of the molecule is CO[C@@H]1O[C@H](CBr)[C@H]2OC(C)(C)O[C@@H]12. The van der Waals surface area contributed by atoms with Gasteiger partial charge in [0.05, 0.1) is 6.10 Å². The van der Waals surface area contributed by atoms with E-state index in [4.69, 9.17) is 18.9 Å². The topological polar surface area (TPSA) is 36.9 Å². The molecule has 4 atom stereocenters. The monoisotopic (exact) mass is 266 g/mol. The van der Waals surface area contributed by atoms with Crippen molar-refractivity contribution in [1.29, 1.82) is 0 Å². The number of fused-ring (bicyclic) bond motifs is 1. The molecule has 2 aliphatic rings. The van der Waals surface area contributed by atoms with Crippen molar-refractivity contribution < 1.29 is 18.9 Å². The highest BCUT2D eigenvalue weighted by Crippen LogP contribution is 2.39. The Morgan fingerprint density at radius 1 is 1.29 bits per heavy atom. The molecule has 14 heavy (non-hydrogen) atoms. The van der Waals surface area contributed by atoms with E-state index in [0.717, 1.165) is 5.33 Å². The molecule has 0 spiro atoms. The highest BCUT2D eigenvalue weighted by molar-refractivity contribution is 9.09. The fourth-order valence-electron chi connectivity index (χ4n) is 1.96. The summed E-state index contributed by atoms with van der Waals surface area (Å²) in [5.74, 6) is -0.531. The van der Waals surface area contributed by atoms with Crippen molar-refractivity contribution >= 4 is 15.9 Å². The second-order valence-corrected chi connectivity index (χ2v) is 4.65. The first-order valence-electron chi connectivity index (χ1n) is 4.67. The summed E-state index contributed by atoms with van der Waals surface area (Å²) in [6, 6.07) is 0. The molecule has 0 N–H and O–H groups in total. The van der Waals surface area contributed by atoms with Gasteiger partial charge in [0, 0.05) is 12.4 Å². The first-order valence-corrected chi connectivity index (χ1v) is 5.79. The van der Waals surface area contributed by atoms with Gasteiger partial charge in [-0.05, 0) is 13.8 Å². The normalized spacial score (nSPS) is 45.4. The molecule has 0 aromatic rings.